The Morgan fingerprint density at radius 3 is 0.962 bits per heavy atom. The van der Waals surface area contributed by atoms with Crippen LogP contribution in [0.1, 0.15) is 219 Å². The normalized spacial score (nSPS) is 11.7. The van der Waals surface area contributed by atoms with Crippen molar-refractivity contribution in [2.45, 2.75) is 228 Å². The van der Waals surface area contributed by atoms with Gasteiger partial charge in [0.25, 0.3) is 0 Å². The van der Waals surface area contributed by atoms with Crippen molar-refractivity contribution in [2.24, 2.45) is 0 Å². The number of thioether (sulfide) groups is 2. The number of carbonyl (C=O) groups excluding carboxylic acids is 2. The Hall–Kier alpha value is 0.359. The summed E-state index contributed by atoms with van der Waals surface area (Å²) in [6.07, 6.45) is 38.4. The summed E-state index contributed by atoms with van der Waals surface area (Å²) in [5.41, 5.74) is 0. The molecule has 0 rings (SSSR count). The summed E-state index contributed by atoms with van der Waals surface area (Å²) < 4.78 is 14.5. The van der Waals surface area contributed by atoms with Crippen LogP contribution in [0.5, 0.6) is 0 Å². The Balaban J connectivity index is 4.85. The van der Waals surface area contributed by atoms with Crippen LogP contribution in [0.2, 0.25) is 8.87 Å². The van der Waals surface area contributed by atoms with Crippen molar-refractivity contribution in [3.8, 4) is 0 Å². The van der Waals surface area contributed by atoms with Crippen molar-refractivity contribution in [3.05, 3.63) is 0 Å². The first-order chi connectivity index (χ1) is 26.0. The molecule has 0 atom stereocenters. The van der Waals surface area contributed by atoms with E-state index in [2.05, 4.69) is 13.8 Å². The van der Waals surface area contributed by atoms with E-state index in [-0.39, 0.29) is 11.9 Å². The van der Waals surface area contributed by atoms with Gasteiger partial charge in [-0.25, -0.2) is 0 Å². The third-order valence-electron chi connectivity index (χ3n) is 10.3. The molecule has 6 nitrogen and oxygen atoms in total. The molecule has 9 heteroatoms. The molecule has 0 unspecified atom stereocenters. The second-order valence-corrected chi connectivity index (χ2v) is 26.9. The molecule has 0 aromatic carbocycles. The molecule has 0 aliphatic heterocycles. The second kappa shape index (κ2) is 43.5. The van der Waals surface area contributed by atoms with E-state index in [1.54, 1.807) is 23.5 Å². The van der Waals surface area contributed by atoms with E-state index in [4.69, 9.17) is 16.4 Å². The molecule has 0 saturated heterocycles. The SMILES string of the molecule is CCCCCCC[CH2][Sn]([CH2]CCCCCCC)([O]C(=O)CSCCCCCCCCCCCCO)[O]C(=O)CSCCCCCCCCCCCCO. The van der Waals surface area contributed by atoms with Gasteiger partial charge < -0.3 is 10.2 Å². The van der Waals surface area contributed by atoms with Gasteiger partial charge in [-0.2, -0.15) is 0 Å². The quantitative estimate of drug-likeness (QED) is 0.0461. The molecule has 0 saturated carbocycles. The molecule has 0 aromatic heterocycles. The van der Waals surface area contributed by atoms with Gasteiger partial charge in [-0.15, -0.1) is 0 Å². The topological polar surface area (TPSA) is 93.1 Å². The molecule has 0 spiro atoms. The van der Waals surface area contributed by atoms with Crippen molar-refractivity contribution in [1.29, 1.82) is 0 Å². The average molecular weight is 896 g/mol. The van der Waals surface area contributed by atoms with E-state index in [0.29, 0.717) is 24.7 Å². The second-order valence-electron chi connectivity index (χ2n) is 15.5. The first-order valence-electron chi connectivity index (χ1n) is 22.8. The van der Waals surface area contributed by atoms with Crippen LogP contribution in [0.4, 0.5) is 0 Å². The number of rotatable bonds is 44. The van der Waals surface area contributed by atoms with Crippen LogP contribution < -0.4 is 0 Å². The molecular formula is C44H88O6S2Sn. The molecule has 0 fully saturated rings. The zero-order valence-corrected chi connectivity index (χ0v) is 39.6. The fourth-order valence-corrected chi connectivity index (χ4v) is 18.4. The van der Waals surface area contributed by atoms with E-state index >= 15 is 0 Å². The van der Waals surface area contributed by atoms with Crippen molar-refractivity contribution in [1.82, 2.24) is 0 Å². The summed E-state index contributed by atoms with van der Waals surface area (Å²) in [6, 6.07) is 0. The minimum atomic E-state index is -3.98. The molecule has 0 bridgehead atoms. The molecule has 0 heterocycles. The van der Waals surface area contributed by atoms with Crippen LogP contribution in [0.15, 0.2) is 0 Å². The summed E-state index contributed by atoms with van der Waals surface area (Å²) in [5, 5.41) is 17.8. The van der Waals surface area contributed by atoms with Gasteiger partial charge in [0.2, 0.25) is 0 Å². The summed E-state index contributed by atoms with van der Waals surface area (Å²) >= 11 is -0.598. The van der Waals surface area contributed by atoms with E-state index in [1.807, 2.05) is 0 Å². The summed E-state index contributed by atoms with van der Waals surface area (Å²) in [6.45, 7) is 5.13. The zero-order chi connectivity index (χ0) is 38.8. The fourth-order valence-electron chi connectivity index (χ4n) is 6.94. The molecule has 0 aliphatic carbocycles. The number of hydrogen-bond donors (Lipinski definition) is 2. The molecule has 0 aliphatic rings. The average Bonchev–Trinajstić information content (AvgIpc) is 3.15. The van der Waals surface area contributed by atoms with Crippen LogP contribution in [0.25, 0.3) is 0 Å². The molecule has 0 radical (unpaired) electrons. The predicted molar refractivity (Wildman–Crippen MR) is 235 cm³/mol. The smallest absolute Gasteiger partial charge is 0.396 e. The third-order valence-corrected chi connectivity index (χ3v) is 22.1. The maximum absolute atomic E-state index is 13.4. The minimum Gasteiger partial charge on any atom is -0.396 e. The van der Waals surface area contributed by atoms with Crippen LogP contribution in [-0.4, -0.2) is 77.6 Å². The van der Waals surface area contributed by atoms with Crippen molar-refractivity contribution >= 4 is 54.7 Å². The molecular weight excluding hydrogens is 807 g/mol. The summed E-state index contributed by atoms with van der Waals surface area (Å²) in [5.74, 6) is 2.42. The number of carbonyl (C=O) groups is 2. The van der Waals surface area contributed by atoms with Gasteiger partial charge in [0, 0.05) is 13.2 Å². The summed E-state index contributed by atoms with van der Waals surface area (Å²) in [7, 11) is 0. The van der Waals surface area contributed by atoms with Gasteiger partial charge in [0.1, 0.15) is 0 Å². The molecule has 0 aromatic rings. The number of aliphatic hydroxyl groups is 2. The van der Waals surface area contributed by atoms with E-state index in [0.717, 1.165) is 84.6 Å². The van der Waals surface area contributed by atoms with Gasteiger partial charge in [-0.1, -0.05) is 25.7 Å². The first-order valence-corrected chi connectivity index (χ1v) is 31.5. The van der Waals surface area contributed by atoms with E-state index in [9.17, 15) is 9.59 Å². The predicted octanol–water partition coefficient (Wildman–Crippen LogP) is 13.5. The summed E-state index contributed by atoms with van der Waals surface area (Å²) in [4.78, 5) is 26.7. The Kier molecular flexibility index (Phi) is 43.8. The third kappa shape index (κ3) is 39.0. The Morgan fingerprint density at radius 1 is 0.396 bits per heavy atom. The van der Waals surface area contributed by atoms with Crippen molar-refractivity contribution < 1.29 is 26.0 Å². The van der Waals surface area contributed by atoms with Gasteiger partial charge in [0.05, 0.1) is 0 Å². The van der Waals surface area contributed by atoms with Gasteiger partial charge in [-0.05, 0) is 12.8 Å². The van der Waals surface area contributed by atoms with Crippen molar-refractivity contribution in [3.63, 3.8) is 0 Å². The van der Waals surface area contributed by atoms with Crippen molar-refractivity contribution in [2.75, 3.05) is 36.2 Å². The Labute approximate surface area is 343 Å². The number of aliphatic hydroxyl groups excluding tert-OH is 2. The molecule has 0 amide bonds. The van der Waals surface area contributed by atoms with Gasteiger partial charge in [-0.3, -0.25) is 0 Å². The maximum atomic E-state index is 13.4. The monoisotopic (exact) mass is 897 g/mol. The van der Waals surface area contributed by atoms with Crippen LogP contribution in [0.3, 0.4) is 0 Å². The standard InChI is InChI=1S/2C14H28O3S.2C8H17.Sn/c2*15-11-9-7-5-3-1-2-4-6-8-10-12-18-13-14(16)17;2*1-3-5-7-8-6-4-2;/h2*15H,1-13H2,(H,16,17);2*1,3-8H2,2H3;/q;;;;+2/p-2. The molecule has 316 valence electrons. The van der Waals surface area contributed by atoms with E-state index in [1.165, 1.54) is 141 Å². The number of hydrogen-bond acceptors (Lipinski definition) is 8. The van der Waals surface area contributed by atoms with E-state index < -0.39 is 19.2 Å². The number of unbranched alkanes of at least 4 members (excludes halogenated alkanes) is 28. The van der Waals surface area contributed by atoms with Crippen LogP contribution in [0, 0.1) is 0 Å². The zero-order valence-electron chi connectivity index (χ0n) is 35.1. The van der Waals surface area contributed by atoms with Crippen LogP contribution in [-0.2, 0) is 15.7 Å². The fraction of sp³-hybridized carbons (Fsp3) is 0.955. The van der Waals surface area contributed by atoms with Crippen LogP contribution >= 0.6 is 23.5 Å². The molecule has 2 N–H and O–H groups in total. The Morgan fingerprint density at radius 2 is 0.660 bits per heavy atom. The minimum absolute atomic E-state index is 0.144. The first kappa shape index (κ1) is 53.4. The Bertz CT molecular complexity index is 712. The molecule has 53 heavy (non-hydrogen) atoms. The van der Waals surface area contributed by atoms with Gasteiger partial charge in [0.15, 0.2) is 0 Å². The van der Waals surface area contributed by atoms with Gasteiger partial charge >= 0.3 is 283 Å².